The van der Waals surface area contributed by atoms with E-state index in [1.165, 1.54) is 59.6 Å². The molecule has 7 aromatic rings. The van der Waals surface area contributed by atoms with Crippen molar-refractivity contribution in [3.63, 3.8) is 0 Å². The Morgan fingerprint density at radius 1 is 0.490 bits per heavy atom. The summed E-state index contributed by atoms with van der Waals surface area (Å²) >= 11 is 0. The standard InChI is InChI=1S/C49H42N2/c1-48(2)41-18-6-7-19-42(41)49(36-24-30-23-31(26-36)27-37(49)25-30)43-22-21-34(29-44(43)48)33-13-9-14-35(28-33)47-50-45-20-8-5-16-40(45)46(51-47)39-17-10-12-32-11-3-4-15-38(32)39/h3-22,28-31,36-37H,23-27H2,1-2H3. The zero-order valence-corrected chi connectivity index (χ0v) is 29.4. The average molecular weight is 659 g/mol. The van der Waals surface area contributed by atoms with Gasteiger partial charge in [-0.1, -0.05) is 129 Å². The summed E-state index contributed by atoms with van der Waals surface area (Å²) in [6, 6.07) is 49.5. The van der Waals surface area contributed by atoms with Gasteiger partial charge in [0.15, 0.2) is 5.82 Å². The molecule has 12 rings (SSSR count). The van der Waals surface area contributed by atoms with E-state index in [9.17, 15) is 0 Å². The van der Waals surface area contributed by atoms with Gasteiger partial charge >= 0.3 is 0 Å². The highest BCUT2D eigenvalue weighted by Crippen LogP contribution is 2.68. The monoisotopic (exact) mass is 658 g/mol. The van der Waals surface area contributed by atoms with Gasteiger partial charge in [-0.05, 0) is 118 Å². The van der Waals surface area contributed by atoms with Crippen LogP contribution in [0.4, 0.5) is 0 Å². The fourth-order valence-corrected chi connectivity index (χ4v) is 11.8. The summed E-state index contributed by atoms with van der Waals surface area (Å²) in [5.41, 5.74) is 13.0. The molecular weight excluding hydrogens is 617 g/mol. The van der Waals surface area contributed by atoms with Crippen molar-refractivity contribution < 1.29 is 0 Å². The predicted octanol–water partition coefficient (Wildman–Crippen LogP) is 12.2. The van der Waals surface area contributed by atoms with Gasteiger partial charge in [0, 0.05) is 27.3 Å². The molecule has 51 heavy (non-hydrogen) atoms. The van der Waals surface area contributed by atoms with Crippen molar-refractivity contribution in [1.82, 2.24) is 9.97 Å². The Kier molecular flexibility index (Phi) is 6.23. The van der Waals surface area contributed by atoms with Crippen molar-refractivity contribution in [2.75, 3.05) is 0 Å². The first-order valence-corrected chi connectivity index (χ1v) is 19.1. The number of para-hydroxylation sites is 1. The smallest absolute Gasteiger partial charge is 0.160 e. The zero-order chi connectivity index (χ0) is 33.9. The van der Waals surface area contributed by atoms with Crippen LogP contribution in [0.15, 0.2) is 133 Å². The van der Waals surface area contributed by atoms with Gasteiger partial charge in [-0.3, -0.25) is 0 Å². The van der Waals surface area contributed by atoms with Crippen LogP contribution in [-0.2, 0) is 10.8 Å². The molecule has 0 amide bonds. The molecule has 0 unspecified atom stereocenters. The van der Waals surface area contributed by atoms with E-state index in [4.69, 9.17) is 9.97 Å². The molecule has 248 valence electrons. The van der Waals surface area contributed by atoms with E-state index >= 15 is 0 Å². The molecule has 5 aliphatic carbocycles. The van der Waals surface area contributed by atoms with Gasteiger partial charge in [-0.15, -0.1) is 0 Å². The number of rotatable bonds is 3. The zero-order valence-electron chi connectivity index (χ0n) is 29.4. The summed E-state index contributed by atoms with van der Waals surface area (Å²) in [6.45, 7) is 4.93. The Morgan fingerprint density at radius 2 is 1.12 bits per heavy atom. The van der Waals surface area contributed by atoms with E-state index in [0.717, 1.165) is 57.2 Å². The van der Waals surface area contributed by atoms with Crippen LogP contribution in [0, 0.1) is 23.7 Å². The lowest BCUT2D eigenvalue weighted by molar-refractivity contribution is -0.0443. The van der Waals surface area contributed by atoms with Gasteiger partial charge in [0.2, 0.25) is 0 Å². The summed E-state index contributed by atoms with van der Waals surface area (Å²) in [5, 5.41) is 3.50. The SMILES string of the molecule is CC1(C)c2ccccc2C2(c3ccc(-c4cccc(-c5nc(-c6cccc7ccccc67)c6ccccc6n5)c4)cc31)C1CC3CC(C1)CC2C3. The topological polar surface area (TPSA) is 25.8 Å². The number of benzene rings is 6. The molecule has 0 N–H and O–H groups in total. The van der Waals surface area contributed by atoms with Crippen LogP contribution >= 0.6 is 0 Å². The summed E-state index contributed by atoms with van der Waals surface area (Å²) in [7, 11) is 0. The molecule has 0 atom stereocenters. The van der Waals surface area contributed by atoms with Gasteiger partial charge in [0.25, 0.3) is 0 Å². The number of hydrogen-bond acceptors (Lipinski definition) is 2. The lowest BCUT2D eigenvalue weighted by Gasteiger charge is -2.64. The summed E-state index contributed by atoms with van der Waals surface area (Å²) in [4.78, 5) is 10.5. The molecule has 1 spiro atoms. The largest absolute Gasteiger partial charge is 0.228 e. The molecule has 4 fully saturated rings. The quantitative estimate of drug-likeness (QED) is 0.189. The molecule has 1 heterocycles. The van der Waals surface area contributed by atoms with Gasteiger partial charge in [-0.25, -0.2) is 9.97 Å². The predicted molar refractivity (Wildman–Crippen MR) is 210 cm³/mol. The highest BCUT2D eigenvalue weighted by Gasteiger charge is 2.62. The first kappa shape index (κ1) is 29.6. The maximum absolute atomic E-state index is 5.33. The highest BCUT2D eigenvalue weighted by molar-refractivity contribution is 6.03. The first-order chi connectivity index (χ1) is 25.0. The minimum atomic E-state index is -0.0751. The Morgan fingerprint density at radius 3 is 1.94 bits per heavy atom. The molecule has 0 saturated heterocycles. The third kappa shape index (κ3) is 4.17. The van der Waals surface area contributed by atoms with Crippen LogP contribution in [0.1, 0.15) is 68.2 Å². The van der Waals surface area contributed by atoms with Gasteiger partial charge in [0.05, 0.1) is 11.2 Å². The molecule has 4 bridgehead atoms. The maximum Gasteiger partial charge on any atom is 0.160 e. The lowest BCUT2D eigenvalue weighted by atomic mass is 9.39. The van der Waals surface area contributed by atoms with E-state index in [0.29, 0.717) is 0 Å². The molecule has 0 aliphatic heterocycles. The van der Waals surface area contributed by atoms with Crippen LogP contribution < -0.4 is 0 Å². The summed E-state index contributed by atoms with van der Waals surface area (Å²) < 4.78 is 0. The van der Waals surface area contributed by atoms with Crippen LogP contribution in [0.2, 0.25) is 0 Å². The van der Waals surface area contributed by atoms with Crippen molar-refractivity contribution in [1.29, 1.82) is 0 Å². The second-order valence-electron chi connectivity index (χ2n) is 16.6. The second kappa shape index (κ2) is 10.7. The van der Waals surface area contributed by atoms with Crippen molar-refractivity contribution in [3.05, 3.63) is 156 Å². The molecule has 2 heteroatoms. The molecule has 2 nitrogen and oxygen atoms in total. The van der Waals surface area contributed by atoms with E-state index in [1.54, 1.807) is 16.7 Å². The molecule has 5 aliphatic rings. The Hall–Kier alpha value is -5.08. The van der Waals surface area contributed by atoms with Crippen molar-refractivity contribution in [2.24, 2.45) is 23.7 Å². The Labute approximate surface area is 300 Å². The fraction of sp³-hybridized carbons (Fsp3) is 0.265. The number of nitrogens with zero attached hydrogens (tertiary/aromatic N) is 2. The van der Waals surface area contributed by atoms with E-state index < -0.39 is 0 Å². The van der Waals surface area contributed by atoms with Gasteiger partial charge < -0.3 is 0 Å². The molecule has 6 aromatic carbocycles. The van der Waals surface area contributed by atoms with Crippen LogP contribution in [0.3, 0.4) is 0 Å². The van der Waals surface area contributed by atoms with E-state index in [1.807, 2.05) is 0 Å². The van der Waals surface area contributed by atoms with Gasteiger partial charge in [0.1, 0.15) is 0 Å². The van der Waals surface area contributed by atoms with Crippen LogP contribution in [-0.4, -0.2) is 9.97 Å². The molecule has 1 aromatic heterocycles. The molecular formula is C49H42N2. The van der Waals surface area contributed by atoms with Crippen molar-refractivity contribution in [2.45, 2.75) is 56.8 Å². The minimum Gasteiger partial charge on any atom is -0.228 e. The lowest BCUT2D eigenvalue weighted by Crippen LogP contribution is -2.58. The second-order valence-corrected chi connectivity index (χ2v) is 16.6. The van der Waals surface area contributed by atoms with E-state index in [2.05, 4.69) is 147 Å². The first-order valence-electron chi connectivity index (χ1n) is 19.1. The number of aromatic nitrogens is 2. The van der Waals surface area contributed by atoms with Gasteiger partial charge in [-0.2, -0.15) is 0 Å². The minimum absolute atomic E-state index is 0.0751. The third-order valence-electron chi connectivity index (χ3n) is 13.7. The van der Waals surface area contributed by atoms with Crippen molar-refractivity contribution >= 4 is 21.7 Å². The third-order valence-corrected chi connectivity index (χ3v) is 13.7. The van der Waals surface area contributed by atoms with Crippen LogP contribution in [0.25, 0.3) is 55.4 Å². The number of hydrogen-bond donors (Lipinski definition) is 0. The Bertz CT molecular complexity index is 2510. The normalized spacial score (nSPS) is 25.3. The molecule has 0 radical (unpaired) electrons. The summed E-state index contributed by atoms with van der Waals surface area (Å²) in [6.07, 6.45) is 7.08. The molecule has 4 saturated carbocycles. The van der Waals surface area contributed by atoms with E-state index in [-0.39, 0.29) is 10.8 Å². The fourth-order valence-electron chi connectivity index (χ4n) is 11.8. The maximum atomic E-state index is 5.33. The number of fused-ring (bicyclic) bond motifs is 4. The Balaban J connectivity index is 1.06. The summed E-state index contributed by atoms with van der Waals surface area (Å²) in [5.74, 6) is 4.13. The van der Waals surface area contributed by atoms with Crippen molar-refractivity contribution in [3.8, 4) is 33.8 Å². The highest BCUT2D eigenvalue weighted by atomic mass is 14.9. The van der Waals surface area contributed by atoms with Crippen LogP contribution in [0.5, 0.6) is 0 Å². The average Bonchev–Trinajstić information content (AvgIpc) is 3.17.